The molecule has 0 radical (unpaired) electrons. The molecule has 0 saturated carbocycles. The van der Waals surface area contributed by atoms with Crippen LogP contribution in [0.15, 0.2) is 4.99 Å². The van der Waals surface area contributed by atoms with Crippen LogP contribution in [0.5, 0.6) is 0 Å². The SMILES string of the molecule is CN(C)N(C)C(=S)SC1=NCCCS1. The molecule has 0 N–H and O–H groups in total. The minimum Gasteiger partial charge on any atom is -0.294 e. The molecule has 1 rings (SSSR count). The number of hydrogen-bond donors (Lipinski definition) is 0. The van der Waals surface area contributed by atoms with Crippen LogP contribution >= 0.6 is 35.7 Å². The van der Waals surface area contributed by atoms with Crippen molar-refractivity contribution >= 4 is 44.4 Å². The zero-order valence-corrected chi connectivity index (χ0v) is 11.1. The van der Waals surface area contributed by atoms with Gasteiger partial charge in [0, 0.05) is 33.4 Å². The smallest absolute Gasteiger partial charge is 0.157 e. The van der Waals surface area contributed by atoms with E-state index in [2.05, 4.69) is 4.99 Å². The van der Waals surface area contributed by atoms with Crippen molar-refractivity contribution in [3.63, 3.8) is 0 Å². The Bertz CT molecular complexity index is 240. The molecule has 0 aromatic rings. The third-order valence-electron chi connectivity index (χ3n) is 1.81. The Morgan fingerprint density at radius 2 is 2.21 bits per heavy atom. The van der Waals surface area contributed by atoms with Gasteiger partial charge in [-0.25, -0.2) is 5.01 Å². The third kappa shape index (κ3) is 3.76. The van der Waals surface area contributed by atoms with E-state index in [1.54, 1.807) is 23.5 Å². The van der Waals surface area contributed by atoms with Crippen molar-refractivity contribution < 1.29 is 0 Å². The first-order valence-corrected chi connectivity index (χ1v) is 6.62. The van der Waals surface area contributed by atoms with Crippen molar-refractivity contribution in [3.8, 4) is 0 Å². The molecule has 0 atom stereocenters. The molecule has 6 heteroatoms. The van der Waals surface area contributed by atoms with Gasteiger partial charge < -0.3 is 0 Å². The van der Waals surface area contributed by atoms with Gasteiger partial charge in [-0.1, -0.05) is 24.0 Å². The standard InChI is InChI=1S/C8H15N3S3/c1-10(2)11(3)8(12)14-7-9-5-4-6-13-7/h4-6H2,1-3H3. The summed E-state index contributed by atoms with van der Waals surface area (Å²) in [6.07, 6.45) is 1.19. The first kappa shape index (κ1) is 12.3. The van der Waals surface area contributed by atoms with E-state index in [0.29, 0.717) is 0 Å². The Labute approximate surface area is 99.3 Å². The van der Waals surface area contributed by atoms with Crippen LogP contribution in [0.25, 0.3) is 0 Å². The Morgan fingerprint density at radius 1 is 1.50 bits per heavy atom. The third-order valence-corrected chi connectivity index (χ3v) is 4.54. The summed E-state index contributed by atoms with van der Waals surface area (Å²) in [5.74, 6) is 1.17. The fourth-order valence-electron chi connectivity index (χ4n) is 0.806. The zero-order chi connectivity index (χ0) is 10.6. The quantitative estimate of drug-likeness (QED) is 0.520. The summed E-state index contributed by atoms with van der Waals surface area (Å²) < 4.78 is 1.96. The molecule has 1 aliphatic heterocycles. The number of aliphatic imine (C=N–C) groups is 1. The molecule has 0 aromatic heterocycles. The van der Waals surface area contributed by atoms with Gasteiger partial charge in [0.25, 0.3) is 0 Å². The largest absolute Gasteiger partial charge is 0.294 e. The maximum Gasteiger partial charge on any atom is 0.157 e. The molecule has 14 heavy (non-hydrogen) atoms. The highest BCUT2D eigenvalue weighted by molar-refractivity contribution is 8.47. The van der Waals surface area contributed by atoms with Crippen molar-refractivity contribution in [2.45, 2.75) is 6.42 Å². The van der Waals surface area contributed by atoms with Crippen molar-refractivity contribution in [1.29, 1.82) is 0 Å². The monoisotopic (exact) mass is 249 g/mol. The molecule has 80 valence electrons. The molecular weight excluding hydrogens is 234 g/mol. The molecular formula is C8H15N3S3. The normalized spacial score (nSPS) is 16.7. The number of thiocarbonyl (C=S) groups is 1. The second-order valence-corrected chi connectivity index (χ2v) is 6.05. The number of hydrazine groups is 1. The van der Waals surface area contributed by atoms with E-state index in [0.717, 1.165) is 15.2 Å². The molecule has 0 aliphatic carbocycles. The average molecular weight is 249 g/mol. The fourth-order valence-corrected chi connectivity index (χ4v) is 3.32. The Hall–Kier alpha value is 0.220. The second kappa shape index (κ2) is 5.95. The van der Waals surface area contributed by atoms with E-state index >= 15 is 0 Å². The van der Waals surface area contributed by atoms with Gasteiger partial charge in [-0.3, -0.25) is 10.0 Å². The summed E-state index contributed by atoms with van der Waals surface area (Å²) in [5, 5.41) is 3.90. The lowest BCUT2D eigenvalue weighted by Crippen LogP contribution is -2.36. The number of hydrogen-bond acceptors (Lipinski definition) is 5. The fraction of sp³-hybridized carbons (Fsp3) is 0.750. The maximum atomic E-state index is 5.29. The highest BCUT2D eigenvalue weighted by Gasteiger charge is 2.13. The van der Waals surface area contributed by atoms with Gasteiger partial charge >= 0.3 is 0 Å². The van der Waals surface area contributed by atoms with E-state index in [1.807, 2.05) is 31.2 Å². The molecule has 0 spiro atoms. The van der Waals surface area contributed by atoms with E-state index in [9.17, 15) is 0 Å². The van der Waals surface area contributed by atoms with Crippen LogP contribution in [0.4, 0.5) is 0 Å². The van der Waals surface area contributed by atoms with Crippen LogP contribution in [0, 0.1) is 0 Å². The second-order valence-electron chi connectivity index (χ2n) is 3.09. The van der Waals surface area contributed by atoms with E-state index in [1.165, 1.54) is 12.2 Å². The first-order valence-electron chi connectivity index (χ1n) is 4.41. The van der Waals surface area contributed by atoms with Crippen LogP contribution in [-0.4, -0.2) is 52.2 Å². The molecule has 0 unspecified atom stereocenters. The lowest BCUT2D eigenvalue weighted by Gasteiger charge is -2.26. The van der Waals surface area contributed by atoms with Crippen LogP contribution in [0.1, 0.15) is 6.42 Å². The molecule has 0 amide bonds. The summed E-state index contributed by atoms with van der Waals surface area (Å²) in [4.78, 5) is 4.42. The summed E-state index contributed by atoms with van der Waals surface area (Å²) in [6.45, 7) is 0.948. The maximum absolute atomic E-state index is 5.29. The Balaban J connectivity index is 2.43. The Morgan fingerprint density at radius 3 is 2.71 bits per heavy atom. The molecule has 3 nitrogen and oxygen atoms in total. The zero-order valence-electron chi connectivity index (χ0n) is 8.69. The van der Waals surface area contributed by atoms with Gasteiger partial charge in [0.15, 0.2) is 4.32 Å². The van der Waals surface area contributed by atoms with Crippen LogP contribution in [0.3, 0.4) is 0 Å². The van der Waals surface area contributed by atoms with Crippen molar-refractivity contribution in [2.24, 2.45) is 4.99 Å². The van der Waals surface area contributed by atoms with Gasteiger partial charge in [0.2, 0.25) is 0 Å². The van der Waals surface area contributed by atoms with Gasteiger partial charge in [-0.15, -0.1) is 0 Å². The number of rotatable bonds is 1. The Kier molecular flexibility index (Phi) is 5.22. The summed E-state index contributed by atoms with van der Waals surface area (Å²) in [6, 6.07) is 0. The lowest BCUT2D eigenvalue weighted by atomic mass is 10.5. The van der Waals surface area contributed by atoms with Crippen LogP contribution < -0.4 is 0 Å². The number of nitrogens with zero attached hydrogens (tertiary/aromatic N) is 3. The highest BCUT2D eigenvalue weighted by Crippen LogP contribution is 2.24. The minimum absolute atomic E-state index is 0.850. The predicted molar refractivity (Wildman–Crippen MR) is 71.0 cm³/mol. The molecule has 0 aromatic carbocycles. The van der Waals surface area contributed by atoms with Gasteiger partial charge in [0.05, 0.1) is 0 Å². The lowest BCUT2D eigenvalue weighted by molar-refractivity contribution is 0.152. The molecule has 0 fully saturated rings. The summed E-state index contributed by atoms with van der Waals surface area (Å²) in [7, 11) is 5.91. The van der Waals surface area contributed by atoms with Crippen LogP contribution in [0.2, 0.25) is 0 Å². The van der Waals surface area contributed by atoms with Gasteiger partial charge in [-0.05, 0) is 18.2 Å². The first-order chi connectivity index (χ1) is 6.61. The van der Waals surface area contributed by atoms with E-state index in [-0.39, 0.29) is 0 Å². The van der Waals surface area contributed by atoms with E-state index in [4.69, 9.17) is 12.2 Å². The predicted octanol–water partition coefficient (Wildman–Crippen LogP) is 1.91. The van der Waals surface area contributed by atoms with Crippen LogP contribution in [-0.2, 0) is 0 Å². The van der Waals surface area contributed by atoms with Crippen molar-refractivity contribution in [2.75, 3.05) is 33.4 Å². The highest BCUT2D eigenvalue weighted by atomic mass is 32.2. The molecule has 1 heterocycles. The molecule has 1 aliphatic rings. The van der Waals surface area contributed by atoms with E-state index < -0.39 is 0 Å². The topological polar surface area (TPSA) is 18.8 Å². The number of thioether (sulfide) groups is 2. The molecule has 0 saturated heterocycles. The summed E-state index contributed by atoms with van der Waals surface area (Å²) in [5.41, 5.74) is 0. The van der Waals surface area contributed by atoms with Crippen molar-refractivity contribution in [3.05, 3.63) is 0 Å². The molecule has 0 bridgehead atoms. The van der Waals surface area contributed by atoms with Gasteiger partial charge in [0.1, 0.15) is 4.38 Å². The summed E-state index contributed by atoms with van der Waals surface area (Å²) >= 11 is 8.67. The minimum atomic E-state index is 0.850. The average Bonchev–Trinajstić information content (AvgIpc) is 2.18. The van der Waals surface area contributed by atoms with Crippen molar-refractivity contribution in [1.82, 2.24) is 10.0 Å². The van der Waals surface area contributed by atoms with Gasteiger partial charge in [-0.2, -0.15) is 0 Å².